The number of carboxylic acids is 1. The summed E-state index contributed by atoms with van der Waals surface area (Å²) in [4.78, 5) is 23.4. The fourth-order valence-corrected chi connectivity index (χ4v) is 4.58. The maximum atomic E-state index is 12.4. The van der Waals surface area contributed by atoms with E-state index in [2.05, 4.69) is 27.7 Å². The fraction of sp³-hybridized carbons (Fsp3) is 0.774. The van der Waals surface area contributed by atoms with Crippen LogP contribution in [-0.4, -0.2) is 29.4 Å². The number of carboxylic acid groups (broad SMARTS) is 1. The third kappa shape index (κ3) is 12.4. The van der Waals surface area contributed by atoms with E-state index < -0.39 is 5.97 Å². The predicted octanol–water partition coefficient (Wildman–Crippen LogP) is 9.19. The van der Waals surface area contributed by atoms with Gasteiger partial charge < -0.3 is 19.8 Å². The van der Waals surface area contributed by atoms with Crippen molar-refractivity contribution in [3.8, 4) is 17.2 Å². The highest BCUT2D eigenvalue weighted by molar-refractivity contribution is 5.95. The van der Waals surface area contributed by atoms with E-state index >= 15 is 0 Å². The van der Waals surface area contributed by atoms with Gasteiger partial charge in [-0.2, -0.15) is 4.89 Å². The molecule has 37 heavy (non-hydrogen) atoms. The van der Waals surface area contributed by atoms with Crippen LogP contribution in [0.2, 0.25) is 0 Å². The minimum absolute atomic E-state index is 0.0114. The first kappa shape index (κ1) is 33.1. The molecule has 2 N–H and O–H groups in total. The standard InChI is InChI=1S/C31H54O6/c1-5-9-13-15-17-19-21-25-26(22-20-18-16-14-10-6-2)29(35-23-11-7-3)30(37-36-24-12-8-4)28(32)27(25)31(33)34/h32H,5-24H2,1-4H3,(H,33,34). The Kier molecular flexibility index (Phi) is 18.8. The highest BCUT2D eigenvalue weighted by Gasteiger charge is 2.30. The van der Waals surface area contributed by atoms with Gasteiger partial charge in [-0.1, -0.05) is 105 Å². The molecule has 0 heterocycles. The molecule has 0 aliphatic rings. The molecular weight excluding hydrogens is 468 g/mol. The molecular formula is C31H54O6. The van der Waals surface area contributed by atoms with Gasteiger partial charge in [0.15, 0.2) is 11.5 Å². The van der Waals surface area contributed by atoms with Crippen molar-refractivity contribution < 1.29 is 29.5 Å². The molecule has 0 radical (unpaired) electrons. The molecule has 1 aromatic carbocycles. The maximum absolute atomic E-state index is 12.4. The van der Waals surface area contributed by atoms with Crippen molar-refractivity contribution in [2.24, 2.45) is 0 Å². The van der Waals surface area contributed by atoms with E-state index in [1.165, 1.54) is 44.9 Å². The number of benzene rings is 1. The van der Waals surface area contributed by atoms with Crippen molar-refractivity contribution >= 4 is 5.97 Å². The Morgan fingerprint density at radius 3 is 1.65 bits per heavy atom. The summed E-state index contributed by atoms with van der Waals surface area (Å²) in [5.41, 5.74) is 1.50. The Hall–Kier alpha value is -1.95. The second-order valence-electron chi connectivity index (χ2n) is 10.1. The Morgan fingerprint density at radius 2 is 1.11 bits per heavy atom. The normalized spacial score (nSPS) is 11.1. The average molecular weight is 523 g/mol. The highest BCUT2D eigenvalue weighted by atomic mass is 17.2. The summed E-state index contributed by atoms with van der Waals surface area (Å²) >= 11 is 0. The van der Waals surface area contributed by atoms with Crippen LogP contribution in [0.15, 0.2) is 0 Å². The summed E-state index contributed by atoms with van der Waals surface area (Å²) in [6.07, 6.45) is 18.4. The Morgan fingerprint density at radius 1 is 0.622 bits per heavy atom. The summed E-state index contributed by atoms with van der Waals surface area (Å²) < 4.78 is 6.22. The monoisotopic (exact) mass is 522 g/mol. The number of carbonyl (C=O) groups is 1. The topological polar surface area (TPSA) is 85.2 Å². The van der Waals surface area contributed by atoms with Gasteiger partial charge in [-0.3, -0.25) is 0 Å². The van der Waals surface area contributed by atoms with Gasteiger partial charge in [0.25, 0.3) is 0 Å². The first-order chi connectivity index (χ1) is 18.0. The summed E-state index contributed by atoms with van der Waals surface area (Å²) in [7, 11) is 0. The van der Waals surface area contributed by atoms with Crippen LogP contribution in [0.3, 0.4) is 0 Å². The molecule has 6 nitrogen and oxygen atoms in total. The summed E-state index contributed by atoms with van der Waals surface area (Å²) in [5, 5.41) is 21.3. The van der Waals surface area contributed by atoms with Crippen molar-refractivity contribution in [2.45, 2.75) is 143 Å². The molecule has 0 aromatic heterocycles. The number of phenols is 1. The minimum Gasteiger partial charge on any atom is -0.503 e. The molecule has 0 aliphatic heterocycles. The van der Waals surface area contributed by atoms with Crippen LogP contribution in [0.1, 0.15) is 152 Å². The number of aromatic hydroxyl groups is 1. The summed E-state index contributed by atoms with van der Waals surface area (Å²) in [6.45, 7) is 9.40. The second-order valence-corrected chi connectivity index (χ2v) is 10.1. The third-order valence-corrected chi connectivity index (χ3v) is 6.84. The summed E-state index contributed by atoms with van der Waals surface area (Å²) in [6, 6.07) is 0. The molecule has 0 atom stereocenters. The van der Waals surface area contributed by atoms with E-state index in [1.807, 2.05) is 0 Å². The zero-order chi connectivity index (χ0) is 27.3. The predicted molar refractivity (Wildman–Crippen MR) is 151 cm³/mol. The van der Waals surface area contributed by atoms with Crippen LogP contribution in [0.5, 0.6) is 17.2 Å². The van der Waals surface area contributed by atoms with E-state index in [0.29, 0.717) is 37.4 Å². The van der Waals surface area contributed by atoms with Crippen LogP contribution >= 0.6 is 0 Å². The van der Waals surface area contributed by atoms with E-state index in [0.717, 1.165) is 63.4 Å². The Balaban J connectivity index is 3.36. The Labute approximate surface area is 226 Å². The molecule has 0 bridgehead atoms. The van der Waals surface area contributed by atoms with E-state index in [9.17, 15) is 15.0 Å². The molecule has 0 fully saturated rings. The molecule has 1 aromatic rings. The average Bonchev–Trinajstić information content (AvgIpc) is 2.88. The Bertz CT molecular complexity index is 746. The SMILES string of the molecule is CCCCCCCCc1c(CCCCCCCC)c(C(=O)O)c(O)c(OOCCCC)c1OCCCC. The van der Waals surface area contributed by atoms with Crippen molar-refractivity contribution in [1.82, 2.24) is 0 Å². The van der Waals surface area contributed by atoms with Crippen LogP contribution in [0.4, 0.5) is 0 Å². The molecule has 0 saturated carbocycles. The lowest BCUT2D eigenvalue weighted by Gasteiger charge is -2.22. The van der Waals surface area contributed by atoms with Crippen LogP contribution in [-0.2, 0) is 17.7 Å². The molecule has 0 saturated heterocycles. The lowest BCUT2D eigenvalue weighted by molar-refractivity contribution is -0.209. The van der Waals surface area contributed by atoms with Crippen LogP contribution < -0.4 is 9.62 Å². The van der Waals surface area contributed by atoms with Crippen LogP contribution in [0, 0.1) is 0 Å². The molecule has 0 amide bonds. The van der Waals surface area contributed by atoms with Crippen LogP contribution in [0.25, 0.3) is 0 Å². The smallest absolute Gasteiger partial charge is 0.339 e. The first-order valence-electron chi connectivity index (χ1n) is 15.1. The van der Waals surface area contributed by atoms with Gasteiger partial charge >= 0.3 is 5.97 Å². The maximum Gasteiger partial charge on any atom is 0.339 e. The van der Waals surface area contributed by atoms with Crippen molar-refractivity contribution in [2.75, 3.05) is 13.2 Å². The molecule has 0 spiro atoms. The molecule has 1 rings (SSSR count). The lowest BCUT2D eigenvalue weighted by Crippen LogP contribution is -2.13. The number of hydrogen-bond acceptors (Lipinski definition) is 5. The number of ether oxygens (including phenoxy) is 1. The quantitative estimate of drug-likeness (QED) is 0.0799. The number of unbranched alkanes of at least 4 members (excludes halogenated alkanes) is 12. The van der Waals surface area contributed by atoms with Gasteiger partial charge in [0.2, 0.25) is 5.75 Å². The van der Waals surface area contributed by atoms with E-state index in [-0.39, 0.29) is 17.1 Å². The van der Waals surface area contributed by atoms with Gasteiger partial charge in [-0.15, -0.1) is 0 Å². The molecule has 0 aliphatic carbocycles. The number of hydrogen-bond donors (Lipinski definition) is 2. The van der Waals surface area contributed by atoms with Crippen molar-refractivity contribution in [1.29, 1.82) is 0 Å². The van der Waals surface area contributed by atoms with Gasteiger partial charge in [0.1, 0.15) is 5.56 Å². The first-order valence-corrected chi connectivity index (χ1v) is 15.1. The van der Waals surface area contributed by atoms with Gasteiger partial charge in [0.05, 0.1) is 13.2 Å². The largest absolute Gasteiger partial charge is 0.503 e. The fourth-order valence-electron chi connectivity index (χ4n) is 4.58. The lowest BCUT2D eigenvalue weighted by atomic mass is 9.90. The van der Waals surface area contributed by atoms with Gasteiger partial charge in [-0.25, -0.2) is 4.79 Å². The molecule has 0 unspecified atom stereocenters. The van der Waals surface area contributed by atoms with Gasteiger partial charge in [-0.05, 0) is 44.1 Å². The minimum atomic E-state index is -1.14. The zero-order valence-electron chi connectivity index (χ0n) is 24.2. The van der Waals surface area contributed by atoms with Gasteiger partial charge in [0, 0.05) is 5.56 Å². The summed E-state index contributed by atoms with van der Waals surface area (Å²) in [5.74, 6) is -1.05. The zero-order valence-corrected chi connectivity index (χ0v) is 24.2. The third-order valence-electron chi connectivity index (χ3n) is 6.84. The second kappa shape index (κ2) is 21.0. The molecule has 6 heteroatoms. The molecule has 214 valence electrons. The van der Waals surface area contributed by atoms with Crippen molar-refractivity contribution in [3.05, 3.63) is 16.7 Å². The van der Waals surface area contributed by atoms with E-state index in [1.54, 1.807) is 0 Å². The van der Waals surface area contributed by atoms with Crippen molar-refractivity contribution in [3.63, 3.8) is 0 Å². The number of rotatable bonds is 24. The highest BCUT2D eigenvalue weighted by Crippen LogP contribution is 2.46. The number of aromatic carboxylic acids is 1. The van der Waals surface area contributed by atoms with E-state index in [4.69, 9.17) is 14.5 Å².